The Labute approximate surface area is 82.0 Å². The summed E-state index contributed by atoms with van der Waals surface area (Å²) < 4.78 is 5.47. The van der Waals surface area contributed by atoms with E-state index in [0.29, 0.717) is 6.10 Å². The molecule has 1 N–H and O–H groups in total. The fraction of sp³-hybridized carbons (Fsp3) is 1.00. The summed E-state index contributed by atoms with van der Waals surface area (Å²) in [6.45, 7) is 8.28. The molecule has 0 aromatic carbocycles. The second-order valence-corrected chi connectivity index (χ2v) is 4.23. The van der Waals surface area contributed by atoms with Gasteiger partial charge in [0.05, 0.1) is 12.7 Å². The monoisotopic (exact) mass is 185 g/mol. The number of rotatable bonds is 7. The Morgan fingerprint density at radius 3 is 2.54 bits per heavy atom. The van der Waals surface area contributed by atoms with Crippen LogP contribution in [0.1, 0.15) is 40.0 Å². The highest BCUT2D eigenvalue weighted by Crippen LogP contribution is 2.33. The molecule has 0 aromatic heterocycles. The molecule has 0 radical (unpaired) electrons. The first-order valence-corrected chi connectivity index (χ1v) is 5.59. The second-order valence-electron chi connectivity index (χ2n) is 4.23. The van der Waals surface area contributed by atoms with Gasteiger partial charge in [-0.3, -0.25) is 0 Å². The van der Waals surface area contributed by atoms with Crippen LogP contribution in [0.25, 0.3) is 0 Å². The highest BCUT2D eigenvalue weighted by atomic mass is 16.5. The van der Waals surface area contributed by atoms with E-state index in [2.05, 4.69) is 26.1 Å². The van der Waals surface area contributed by atoms with E-state index in [4.69, 9.17) is 4.74 Å². The second kappa shape index (κ2) is 5.61. The maximum Gasteiger partial charge on any atom is 0.0594 e. The van der Waals surface area contributed by atoms with Crippen molar-refractivity contribution in [3.05, 3.63) is 0 Å². The predicted octanol–water partition coefficient (Wildman–Crippen LogP) is 2.19. The number of ether oxygens (including phenoxy) is 1. The van der Waals surface area contributed by atoms with Crippen LogP contribution in [-0.4, -0.2) is 25.3 Å². The molecule has 0 bridgehead atoms. The van der Waals surface area contributed by atoms with Crippen molar-refractivity contribution in [1.82, 2.24) is 5.32 Å². The molecule has 1 aliphatic rings. The minimum atomic E-state index is 0.364. The van der Waals surface area contributed by atoms with Gasteiger partial charge in [-0.2, -0.15) is 0 Å². The van der Waals surface area contributed by atoms with Crippen LogP contribution in [0.15, 0.2) is 0 Å². The van der Waals surface area contributed by atoms with Gasteiger partial charge in [0.1, 0.15) is 0 Å². The van der Waals surface area contributed by atoms with Crippen LogP contribution < -0.4 is 5.32 Å². The summed E-state index contributed by atoms with van der Waals surface area (Å²) in [6.07, 6.45) is 4.47. The Balaban J connectivity index is 1.96. The topological polar surface area (TPSA) is 21.3 Å². The molecular formula is C11H23NO. The molecule has 0 saturated heterocycles. The molecule has 1 unspecified atom stereocenters. The summed E-state index contributed by atoms with van der Waals surface area (Å²) in [5, 5.41) is 3.56. The smallest absolute Gasteiger partial charge is 0.0594 e. The third-order valence-electron chi connectivity index (χ3n) is 2.59. The molecule has 78 valence electrons. The molecule has 0 aromatic rings. The Bertz CT molecular complexity index is 132. The van der Waals surface area contributed by atoms with Crippen LogP contribution in [0.2, 0.25) is 0 Å². The molecule has 2 nitrogen and oxygen atoms in total. The summed E-state index contributed by atoms with van der Waals surface area (Å²) >= 11 is 0. The lowest BCUT2D eigenvalue weighted by molar-refractivity contribution is 0.0788. The van der Waals surface area contributed by atoms with Gasteiger partial charge in [0.25, 0.3) is 0 Å². The Hall–Kier alpha value is -0.0800. The summed E-state index contributed by atoms with van der Waals surface area (Å²) in [5.74, 6) is 0.962. The van der Waals surface area contributed by atoms with E-state index in [1.165, 1.54) is 19.3 Å². The summed E-state index contributed by atoms with van der Waals surface area (Å²) in [4.78, 5) is 0. The minimum absolute atomic E-state index is 0.364. The third kappa shape index (κ3) is 4.63. The van der Waals surface area contributed by atoms with E-state index in [1.54, 1.807) is 0 Å². The number of hydrogen-bond acceptors (Lipinski definition) is 2. The average Bonchev–Trinajstić information content (AvgIpc) is 2.87. The van der Waals surface area contributed by atoms with E-state index in [0.717, 1.165) is 25.1 Å². The minimum Gasteiger partial charge on any atom is -0.377 e. The highest BCUT2D eigenvalue weighted by molar-refractivity contribution is 4.85. The molecule has 0 aliphatic heterocycles. The quantitative estimate of drug-likeness (QED) is 0.614. The molecule has 1 rings (SSSR count). The van der Waals surface area contributed by atoms with E-state index >= 15 is 0 Å². The lowest BCUT2D eigenvalue weighted by Gasteiger charge is -2.16. The van der Waals surface area contributed by atoms with Crippen LogP contribution >= 0.6 is 0 Å². The van der Waals surface area contributed by atoms with Gasteiger partial charge in [0.15, 0.2) is 0 Å². The van der Waals surface area contributed by atoms with Crippen LogP contribution in [0, 0.1) is 5.92 Å². The molecule has 0 spiro atoms. The van der Waals surface area contributed by atoms with Crippen molar-refractivity contribution in [2.24, 2.45) is 5.92 Å². The SMILES string of the molecule is CCC(NCCOC(C)C)C1CC1. The van der Waals surface area contributed by atoms with Crippen molar-refractivity contribution in [1.29, 1.82) is 0 Å². The average molecular weight is 185 g/mol. The fourth-order valence-corrected chi connectivity index (χ4v) is 1.68. The van der Waals surface area contributed by atoms with Crippen LogP contribution in [0.3, 0.4) is 0 Å². The van der Waals surface area contributed by atoms with Crippen molar-refractivity contribution in [3.63, 3.8) is 0 Å². The van der Waals surface area contributed by atoms with Gasteiger partial charge in [0, 0.05) is 12.6 Å². The van der Waals surface area contributed by atoms with Crippen molar-refractivity contribution >= 4 is 0 Å². The maximum absolute atomic E-state index is 5.47. The standard InChI is InChI=1S/C11H23NO/c1-4-11(10-5-6-10)12-7-8-13-9(2)3/h9-12H,4-8H2,1-3H3. The van der Waals surface area contributed by atoms with Crippen molar-refractivity contribution in [2.75, 3.05) is 13.2 Å². The van der Waals surface area contributed by atoms with Crippen molar-refractivity contribution in [2.45, 2.75) is 52.2 Å². The Kier molecular flexibility index (Phi) is 4.74. The van der Waals surface area contributed by atoms with Gasteiger partial charge in [-0.1, -0.05) is 6.92 Å². The summed E-state index contributed by atoms with van der Waals surface area (Å²) in [5.41, 5.74) is 0. The maximum atomic E-state index is 5.47. The zero-order valence-corrected chi connectivity index (χ0v) is 9.18. The molecule has 0 amide bonds. The van der Waals surface area contributed by atoms with Crippen molar-refractivity contribution in [3.8, 4) is 0 Å². The van der Waals surface area contributed by atoms with Gasteiger partial charge in [-0.25, -0.2) is 0 Å². The molecule has 2 heteroatoms. The first-order chi connectivity index (χ1) is 6.24. The summed E-state index contributed by atoms with van der Waals surface area (Å²) in [7, 11) is 0. The molecule has 1 fully saturated rings. The first kappa shape index (κ1) is 11.0. The van der Waals surface area contributed by atoms with Crippen molar-refractivity contribution < 1.29 is 4.74 Å². The number of nitrogens with one attached hydrogen (secondary N) is 1. The fourth-order valence-electron chi connectivity index (χ4n) is 1.68. The molecule has 0 heterocycles. The predicted molar refractivity (Wildman–Crippen MR) is 55.9 cm³/mol. The van der Waals surface area contributed by atoms with Crippen LogP contribution in [0.4, 0.5) is 0 Å². The van der Waals surface area contributed by atoms with Gasteiger partial charge in [0.2, 0.25) is 0 Å². The van der Waals surface area contributed by atoms with E-state index in [-0.39, 0.29) is 0 Å². The van der Waals surface area contributed by atoms with E-state index in [1.807, 2.05) is 0 Å². The molecule has 1 saturated carbocycles. The molecular weight excluding hydrogens is 162 g/mol. The number of hydrogen-bond donors (Lipinski definition) is 1. The van der Waals surface area contributed by atoms with Crippen LogP contribution in [0.5, 0.6) is 0 Å². The normalized spacial score (nSPS) is 19.4. The van der Waals surface area contributed by atoms with E-state index in [9.17, 15) is 0 Å². The zero-order chi connectivity index (χ0) is 9.68. The summed E-state index contributed by atoms with van der Waals surface area (Å²) in [6, 6.07) is 0.746. The zero-order valence-electron chi connectivity index (χ0n) is 9.18. The highest BCUT2D eigenvalue weighted by Gasteiger charge is 2.29. The van der Waals surface area contributed by atoms with Gasteiger partial charge in [-0.15, -0.1) is 0 Å². The molecule has 13 heavy (non-hydrogen) atoms. The molecule has 1 atom stereocenters. The Morgan fingerprint density at radius 2 is 2.08 bits per heavy atom. The van der Waals surface area contributed by atoms with Gasteiger partial charge >= 0.3 is 0 Å². The Morgan fingerprint density at radius 1 is 1.38 bits per heavy atom. The van der Waals surface area contributed by atoms with E-state index < -0.39 is 0 Å². The lowest BCUT2D eigenvalue weighted by atomic mass is 10.1. The lowest BCUT2D eigenvalue weighted by Crippen LogP contribution is -2.33. The first-order valence-electron chi connectivity index (χ1n) is 5.59. The van der Waals surface area contributed by atoms with Gasteiger partial charge < -0.3 is 10.1 Å². The molecule has 1 aliphatic carbocycles. The van der Waals surface area contributed by atoms with Gasteiger partial charge in [-0.05, 0) is 39.0 Å². The third-order valence-corrected chi connectivity index (χ3v) is 2.59. The largest absolute Gasteiger partial charge is 0.377 e. The van der Waals surface area contributed by atoms with Crippen LogP contribution in [-0.2, 0) is 4.74 Å².